The summed E-state index contributed by atoms with van der Waals surface area (Å²) in [5.74, 6) is -0.211. The van der Waals surface area contributed by atoms with Crippen LogP contribution in [0.5, 0.6) is 0 Å². The maximum Gasteiger partial charge on any atom is 0.302 e. The third-order valence-corrected chi connectivity index (χ3v) is 1.71. The van der Waals surface area contributed by atoms with Crippen molar-refractivity contribution in [3.05, 3.63) is 34.4 Å². The molecule has 0 N–H and O–H groups in total. The Morgan fingerprint density at radius 3 is 2.19 bits per heavy atom. The molecular formula is C10H13NO4S. The molecule has 5 nitrogen and oxygen atoms in total. The molecule has 0 unspecified atom stereocenters. The largest absolute Gasteiger partial charge is 0.466 e. The summed E-state index contributed by atoms with van der Waals surface area (Å²) in [5.41, 5.74) is 0.0952. The third-order valence-electron chi connectivity index (χ3n) is 1.41. The summed E-state index contributed by atoms with van der Waals surface area (Å²) in [4.78, 5) is 20.2. The highest BCUT2D eigenvalue weighted by molar-refractivity contribution is 7.80. The molecule has 0 heterocycles. The maximum absolute atomic E-state index is 10.1. The minimum Gasteiger partial charge on any atom is -0.466 e. The summed E-state index contributed by atoms with van der Waals surface area (Å²) in [6, 6.07) is 6.01. The number of non-ortho nitro benzene ring substituents is 1. The van der Waals surface area contributed by atoms with E-state index in [-0.39, 0.29) is 11.7 Å². The van der Waals surface area contributed by atoms with Gasteiger partial charge in [0.2, 0.25) is 0 Å². The molecule has 16 heavy (non-hydrogen) atoms. The van der Waals surface area contributed by atoms with Crippen molar-refractivity contribution in [3.8, 4) is 0 Å². The first-order chi connectivity index (χ1) is 7.47. The van der Waals surface area contributed by atoms with Gasteiger partial charge in [-0.05, 0) is 19.1 Å². The first-order valence-corrected chi connectivity index (χ1v) is 4.98. The standard InChI is InChI=1S/C6H5NO2S.C4H8O2/c8-7(9)5-1-3-6(10)4-2-5;1-3-6-4(2)5/h1-4,10H;3H2,1-2H3. The Balaban J connectivity index is 0.000000325. The van der Waals surface area contributed by atoms with Gasteiger partial charge in [0.1, 0.15) is 0 Å². The van der Waals surface area contributed by atoms with Crippen LogP contribution in [0.1, 0.15) is 13.8 Å². The molecule has 0 aliphatic carbocycles. The van der Waals surface area contributed by atoms with Crippen molar-refractivity contribution < 1.29 is 14.5 Å². The fourth-order valence-corrected chi connectivity index (χ4v) is 0.927. The fraction of sp³-hybridized carbons (Fsp3) is 0.300. The first kappa shape index (κ1) is 14.4. The molecule has 1 aromatic rings. The van der Waals surface area contributed by atoms with Crippen molar-refractivity contribution in [1.29, 1.82) is 0 Å². The number of benzene rings is 1. The predicted octanol–water partition coefficient (Wildman–Crippen LogP) is 2.45. The minimum absolute atomic E-state index is 0.0952. The lowest BCUT2D eigenvalue weighted by atomic mass is 10.3. The van der Waals surface area contributed by atoms with E-state index in [0.29, 0.717) is 6.61 Å². The Labute approximate surface area is 99.0 Å². The highest BCUT2D eigenvalue weighted by atomic mass is 32.1. The van der Waals surface area contributed by atoms with Gasteiger partial charge in [0.15, 0.2) is 0 Å². The van der Waals surface area contributed by atoms with Gasteiger partial charge in [0.25, 0.3) is 5.69 Å². The predicted molar refractivity (Wildman–Crippen MR) is 62.7 cm³/mol. The summed E-state index contributed by atoms with van der Waals surface area (Å²) >= 11 is 3.98. The number of hydrogen-bond donors (Lipinski definition) is 1. The number of ether oxygens (including phenoxy) is 1. The van der Waals surface area contributed by atoms with E-state index in [4.69, 9.17) is 0 Å². The molecule has 0 saturated carbocycles. The zero-order chi connectivity index (χ0) is 12.6. The first-order valence-electron chi connectivity index (χ1n) is 4.54. The number of carbonyl (C=O) groups excluding carboxylic acids is 1. The Bertz CT molecular complexity index is 350. The molecule has 1 rings (SSSR count). The molecule has 0 aromatic heterocycles. The van der Waals surface area contributed by atoms with Crippen LogP contribution in [0.25, 0.3) is 0 Å². The summed E-state index contributed by atoms with van der Waals surface area (Å²) < 4.78 is 4.40. The van der Waals surface area contributed by atoms with Crippen LogP contribution in [0, 0.1) is 10.1 Å². The molecule has 0 spiro atoms. The second kappa shape index (κ2) is 7.70. The van der Waals surface area contributed by atoms with Gasteiger partial charge in [0, 0.05) is 24.0 Å². The van der Waals surface area contributed by atoms with Crippen LogP contribution in [0.2, 0.25) is 0 Å². The third kappa shape index (κ3) is 6.83. The highest BCUT2D eigenvalue weighted by Gasteiger charge is 2.00. The van der Waals surface area contributed by atoms with Gasteiger partial charge in [-0.25, -0.2) is 0 Å². The Morgan fingerprint density at radius 1 is 1.44 bits per heavy atom. The van der Waals surface area contributed by atoms with Crippen LogP contribution in [-0.2, 0) is 9.53 Å². The molecular weight excluding hydrogens is 230 g/mol. The van der Waals surface area contributed by atoms with E-state index in [9.17, 15) is 14.9 Å². The lowest BCUT2D eigenvalue weighted by molar-refractivity contribution is -0.384. The van der Waals surface area contributed by atoms with Crippen molar-refractivity contribution in [2.24, 2.45) is 0 Å². The zero-order valence-electron chi connectivity index (χ0n) is 9.04. The number of nitro benzene ring substituents is 1. The molecule has 0 radical (unpaired) electrons. The van der Waals surface area contributed by atoms with Gasteiger partial charge in [-0.1, -0.05) is 0 Å². The van der Waals surface area contributed by atoms with E-state index in [1.807, 2.05) is 0 Å². The van der Waals surface area contributed by atoms with Gasteiger partial charge >= 0.3 is 5.97 Å². The molecule has 1 aromatic carbocycles. The number of thiol groups is 1. The smallest absolute Gasteiger partial charge is 0.302 e. The average Bonchev–Trinajstić information content (AvgIpc) is 2.19. The number of esters is 1. The average molecular weight is 243 g/mol. The molecule has 6 heteroatoms. The summed E-state index contributed by atoms with van der Waals surface area (Å²) in [6.45, 7) is 3.65. The van der Waals surface area contributed by atoms with Gasteiger partial charge in [-0.2, -0.15) is 0 Å². The SMILES string of the molecule is CCOC(C)=O.O=[N+]([O-])c1ccc(S)cc1. The lowest BCUT2D eigenvalue weighted by Gasteiger charge is -1.89. The van der Waals surface area contributed by atoms with Gasteiger partial charge in [-0.15, -0.1) is 12.6 Å². The highest BCUT2D eigenvalue weighted by Crippen LogP contribution is 2.13. The summed E-state index contributed by atoms with van der Waals surface area (Å²) in [5, 5.41) is 10.1. The minimum atomic E-state index is -0.437. The van der Waals surface area contributed by atoms with Crippen molar-refractivity contribution in [2.75, 3.05) is 6.61 Å². The Morgan fingerprint density at radius 2 is 1.94 bits per heavy atom. The van der Waals surface area contributed by atoms with E-state index in [1.165, 1.54) is 19.1 Å². The van der Waals surface area contributed by atoms with Crippen LogP contribution >= 0.6 is 12.6 Å². The molecule has 0 aliphatic heterocycles. The molecule has 0 atom stereocenters. The fourth-order valence-electron chi connectivity index (χ4n) is 0.778. The van der Waals surface area contributed by atoms with Crippen molar-refractivity contribution in [3.63, 3.8) is 0 Å². The summed E-state index contributed by atoms with van der Waals surface area (Å²) in [6.07, 6.45) is 0. The van der Waals surface area contributed by atoms with Crippen LogP contribution in [0.4, 0.5) is 5.69 Å². The number of rotatable bonds is 2. The molecule has 0 bridgehead atoms. The zero-order valence-corrected chi connectivity index (χ0v) is 9.94. The normalized spacial score (nSPS) is 8.69. The van der Waals surface area contributed by atoms with Crippen LogP contribution < -0.4 is 0 Å². The van der Waals surface area contributed by atoms with Gasteiger partial charge < -0.3 is 4.74 Å². The van der Waals surface area contributed by atoms with E-state index >= 15 is 0 Å². The number of nitro groups is 1. The van der Waals surface area contributed by atoms with E-state index in [1.54, 1.807) is 19.1 Å². The molecule has 0 amide bonds. The monoisotopic (exact) mass is 243 g/mol. The number of hydrogen-bond acceptors (Lipinski definition) is 5. The molecule has 0 fully saturated rings. The summed E-state index contributed by atoms with van der Waals surface area (Å²) in [7, 11) is 0. The molecule has 88 valence electrons. The molecule has 0 aliphatic rings. The Hall–Kier alpha value is -1.56. The van der Waals surface area contributed by atoms with E-state index < -0.39 is 4.92 Å². The van der Waals surface area contributed by atoms with Crippen molar-refractivity contribution in [1.82, 2.24) is 0 Å². The van der Waals surface area contributed by atoms with Crippen molar-refractivity contribution in [2.45, 2.75) is 18.7 Å². The van der Waals surface area contributed by atoms with Crippen LogP contribution in [0.15, 0.2) is 29.2 Å². The van der Waals surface area contributed by atoms with Gasteiger partial charge in [-0.3, -0.25) is 14.9 Å². The van der Waals surface area contributed by atoms with Crippen LogP contribution in [-0.4, -0.2) is 17.5 Å². The molecule has 0 saturated heterocycles. The van der Waals surface area contributed by atoms with E-state index in [0.717, 1.165) is 4.90 Å². The van der Waals surface area contributed by atoms with Crippen molar-refractivity contribution >= 4 is 24.3 Å². The second-order valence-corrected chi connectivity index (χ2v) is 3.21. The second-order valence-electron chi connectivity index (χ2n) is 2.70. The number of carbonyl (C=O) groups is 1. The topological polar surface area (TPSA) is 69.4 Å². The Kier molecular flexibility index (Phi) is 6.95. The van der Waals surface area contributed by atoms with Gasteiger partial charge in [0.05, 0.1) is 11.5 Å². The number of nitrogens with zero attached hydrogens (tertiary/aromatic N) is 1. The maximum atomic E-state index is 10.1. The van der Waals surface area contributed by atoms with Crippen LogP contribution in [0.3, 0.4) is 0 Å². The lowest BCUT2D eigenvalue weighted by Crippen LogP contribution is -1.95. The van der Waals surface area contributed by atoms with E-state index in [2.05, 4.69) is 17.4 Å². The quantitative estimate of drug-likeness (QED) is 0.375.